The van der Waals surface area contributed by atoms with Crippen LogP contribution in [-0.2, 0) is 0 Å². The number of benzene rings is 1. The number of alkyl halides is 2. The van der Waals surface area contributed by atoms with Gasteiger partial charge in [0.1, 0.15) is 5.52 Å². The smallest absolute Gasteiger partial charge is 0.297 e. The number of nitrogens with zero attached hydrogens (tertiary/aromatic N) is 3. The second-order valence-electron chi connectivity index (χ2n) is 4.80. The van der Waals surface area contributed by atoms with Gasteiger partial charge in [-0.3, -0.25) is 4.98 Å². The van der Waals surface area contributed by atoms with Crippen molar-refractivity contribution in [2.24, 2.45) is 0 Å². The van der Waals surface area contributed by atoms with Crippen molar-refractivity contribution in [3.8, 4) is 0 Å². The Morgan fingerprint density at radius 3 is 2.79 bits per heavy atom. The summed E-state index contributed by atoms with van der Waals surface area (Å²) in [6.45, 7) is 3.64. The predicted octanol–water partition coefficient (Wildman–Crippen LogP) is 5.76. The van der Waals surface area contributed by atoms with Crippen LogP contribution in [0.5, 0.6) is 0 Å². The molecule has 0 spiro atoms. The molecule has 0 fully saturated rings. The maximum Gasteiger partial charge on any atom is 0.297 e. The van der Waals surface area contributed by atoms with Crippen LogP contribution in [0.25, 0.3) is 17.1 Å². The Labute approximate surface area is 149 Å². The first-order valence-corrected chi connectivity index (χ1v) is 7.96. The van der Waals surface area contributed by atoms with Crippen molar-refractivity contribution >= 4 is 56.1 Å². The molecule has 0 bridgehead atoms. The highest BCUT2D eigenvalue weighted by Crippen LogP contribution is 2.33. The summed E-state index contributed by atoms with van der Waals surface area (Å²) in [5.41, 5.74) is 1.85. The Morgan fingerprint density at radius 1 is 1.29 bits per heavy atom. The van der Waals surface area contributed by atoms with Crippen LogP contribution >= 0.6 is 27.5 Å². The van der Waals surface area contributed by atoms with Crippen LogP contribution in [-0.4, -0.2) is 15.0 Å². The zero-order chi connectivity index (χ0) is 17.3. The molecule has 0 atom stereocenters. The van der Waals surface area contributed by atoms with Gasteiger partial charge >= 0.3 is 0 Å². The molecule has 0 amide bonds. The lowest BCUT2D eigenvalue weighted by atomic mass is 10.2. The van der Waals surface area contributed by atoms with Gasteiger partial charge in [0.15, 0.2) is 11.6 Å². The normalized spacial score (nSPS) is 11.0. The third kappa shape index (κ3) is 3.22. The van der Waals surface area contributed by atoms with Gasteiger partial charge in [-0.2, -0.15) is 0 Å². The largest absolute Gasteiger partial charge is 0.337 e. The lowest BCUT2D eigenvalue weighted by molar-refractivity contribution is 0.141. The molecule has 0 unspecified atom stereocenters. The van der Waals surface area contributed by atoms with Crippen LogP contribution in [0.15, 0.2) is 41.5 Å². The molecule has 122 valence electrons. The number of hydrogen-bond donors (Lipinski definition) is 1. The minimum atomic E-state index is -2.81. The Kier molecular flexibility index (Phi) is 4.73. The summed E-state index contributed by atoms with van der Waals surface area (Å²) in [4.78, 5) is 12.0. The van der Waals surface area contributed by atoms with E-state index in [1.54, 1.807) is 36.5 Å². The van der Waals surface area contributed by atoms with Crippen LogP contribution in [0, 0.1) is 0 Å². The van der Waals surface area contributed by atoms with E-state index in [2.05, 4.69) is 42.8 Å². The van der Waals surface area contributed by atoms with Gasteiger partial charge in [0, 0.05) is 10.7 Å². The van der Waals surface area contributed by atoms with Crippen molar-refractivity contribution in [2.75, 3.05) is 5.32 Å². The zero-order valence-corrected chi connectivity index (χ0v) is 14.4. The molecule has 4 nitrogen and oxygen atoms in total. The molecule has 2 heterocycles. The highest BCUT2D eigenvalue weighted by molar-refractivity contribution is 9.10. The van der Waals surface area contributed by atoms with Crippen molar-refractivity contribution in [1.82, 2.24) is 15.0 Å². The second-order valence-corrected chi connectivity index (χ2v) is 6.03. The lowest BCUT2D eigenvalue weighted by Gasteiger charge is -2.12. The first kappa shape index (κ1) is 16.7. The van der Waals surface area contributed by atoms with Gasteiger partial charge in [-0.15, -0.1) is 0 Å². The molecule has 0 aliphatic rings. The van der Waals surface area contributed by atoms with Crippen LogP contribution in [0.1, 0.15) is 17.8 Å². The first-order chi connectivity index (χ1) is 11.5. The summed E-state index contributed by atoms with van der Waals surface area (Å²) in [6, 6.07) is 6.86. The maximum atomic E-state index is 13.1. The van der Waals surface area contributed by atoms with Gasteiger partial charge in [0.25, 0.3) is 6.43 Å². The highest BCUT2D eigenvalue weighted by Gasteiger charge is 2.17. The molecule has 24 heavy (non-hydrogen) atoms. The average Bonchev–Trinajstić information content (AvgIpc) is 2.58. The molecule has 1 N–H and O–H groups in total. The molecular weight excluding hydrogens is 402 g/mol. The molecule has 8 heteroatoms. The third-order valence-corrected chi connectivity index (χ3v) is 4.51. The number of hydrogen-bond acceptors (Lipinski definition) is 4. The summed E-state index contributed by atoms with van der Waals surface area (Å²) in [6.07, 6.45) is 0.323. The molecule has 3 rings (SSSR count). The Hall–Kier alpha value is -2.12. The summed E-state index contributed by atoms with van der Waals surface area (Å²) < 4.78 is 26.9. The summed E-state index contributed by atoms with van der Waals surface area (Å²) in [5, 5.41) is 3.36. The van der Waals surface area contributed by atoms with Gasteiger partial charge in [0.2, 0.25) is 0 Å². The topological polar surface area (TPSA) is 50.7 Å². The second kappa shape index (κ2) is 6.78. The van der Waals surface area contributed by atoms with Crippen LogP contribution in [0.3, 0.4) is 0 Å². The van der Waals surface area contributed by atoms with Crippen LogP contribution in [0.4, 0.5) is 20.3 Å². The van der Waals surface area contributed by atoms with E-state index < -0.39 is 12.2 Å². The van der Waals surface area contributed by atoms with E-state index in [-0.39, 0.29) is 5.82 Å². The fourth-order valence-electron chi connectivity index (χ4n) is 2.08. The number of fused-ring (bicyclic) bond motifs is 1. The highest BCUT2D eigenvalue weighted by atomic mass is 79.9. The number of pyridine rings is 1. The quantitative estimate of drug-likeness (QED) is 0.592. The van der Waals surface area contributed by atoms with Gasteiger partial charge in [-0.1, -0.05) is 30.3 Å². The van der Waals surface area contributed by atoms with Crippen molar-refractivity contribution in [3.05, 3.63) is 57.9 Å². The summed E-state index contributed by atoms with van der Waals surface area (Å²) in [7, 11) is 0. The van der Waals surface area contributed by atoms with Gasteiger partial charge in [-0.05, 0) is 39.7 Å². The van der Waals surface area contributed by atoms with E-state index in [1.807, 2.05) is 0 Å². The maximum absolute atomic E-state index is 13.1. The standard InChI is InChI=1S/C16H10BrClF2N4/c1-2-8-6-11-13(21-7-8)15(24-16(23-11)14(19)20)22-10-5-3-4-9(17)12(10)18/h2-7,14H,1H2,(H,22,23,24). The predicted molar refractivity (Wildman–Crippen MR) is 94.8 cm³/mol. The number of rotatable bonds is 4. The number of nitrogens with one attached hydrogen (secondary N) is 1. The van der Waals surface area contributed by atoms with E-state index in [1.165, 1.54) is 0 Å². The van der Waals surface area contributed by atoms with E-state index in [9.17, 15) is 8.78 Å². The molecule has 2 aromatic heterocycles. The molecule has 0 saturated heterocycles. The van der Waals surface area contributed by atoms with E-state index in [0.29, 0.717) is 31.8 Å². The van der Waals surface area contributed by atoms with Crippen molar-refractivity contribution in [2.45, 2.75) is 6.43 Å². The molecule has 0 radical (unpaired) electrons. The Morgan fingerprint density at radius 2 is 2.08 bits per heavy atom. The van der Waals surface area contributed by atoms with E-state index >= 15 is 0 Å². The Bertz CT molecular complexity index is 933. The van der Waals surface area contributed by atoms with Gasteiger partial charge in [0.05, 0.1) is 16.2 Å². The third-order valence-electron chi connectivity index (χ3n) is 3.21. The number of anilines is 2. The van der Waals surface area contributed by atoms with Crippen molar-refractivity contribution in [3.63, 3.8) is 0 Å². The average molecular weight is 412 g/mol. The molecule has 0 aliphatic carbocycles. The van der Waals surface area contributed by atoms with Gasteiger partial charge in [-0.25, -0.2) is 18.7 Å². The lowest BCUT2D eigenvalue weighted by Crippen LogP contribution is -2.04. The van der Waals surface area contributed by atoms with Crippen molar-refractivity contribution < 1.29 is 8.78 Å². The van der Waals surface area contributed by atoms with Crippen molar-refractivity contribution in [1.29, 1.82) is 0 Å². The summed E-state index contributed by atoms with van der Waals surface area (Å²) in [5.74, 6) is -0.426. The van der Waals surface area contributed by atoms with E-state index in [0.717, 1.165) is 0 Å². The number of aromatic nitrogens is 3. The fraction of sp³-hybridized carbons (Fsp3) is 0.0625. The molecule has 3 aromatic rings. The minimum Gasteiger partial charge on any atom is -0.337 e. The molecule has 1 aromatic carbocycles. The first-order valence-electron chi connectivity index (χ1n) is 6.79. The Balaban J connectivity index is 2.18. The fourth-order valence-corrected chi connectivity index (χ4v) is 2.62. The summed E-state index contributed by atoms with van der Waals surface area (Å²) >= 11 is 9.52. The monoisotopic (exact) mass is 410 g/mol. The molecule has 0 saturated carbocycles. The van der Waals surface area contributed by atoms with Crippen LogP contribution in [0.2, 0.25) is 5.02 Å². The SMILES string of the molecule is C=Cc1cnc2c(Nc3cccc(Br)c3Cl)nc(C(F)F)nc2c1. The van der Waals surface area contributed by atoms with Gasteiger partial charge < -0.3 is 5.32 Å². The zero-order valence-electron chi connectivity index (χ0n) is 12.1. The number of halogens is 4. The van der Waals surface area contributed by atoms with E-state index in [4.69, 9.17) is 11.6 Å². The minimum absolute atomic E-state index is 0.158. The van der Waals surface area contributed by atoms with Crippen LogP contribution < -0.4 is 5.32 Å². The molecule has 0 aliphatic heterocycles. The molecular formula is C16H10BrClF2N4.